The van der Waals surface area contributed by atoms with Crippen LogP contribution in [0.15, 0.2) is 47.6 Å². The van der Waals surface area contributed by atoms with Crippen LogP contribution in [0.2, 0.25) is 0 Å². The van der Waals surface area contributed by atoms with Crippen LogP contribution in [-0.4, -0.2) is 49.3 Å². The number of nitrogens with one attached hydrogen (secondary N) is 1. The Hall–Kier alpha value is -2.78. The van der Waals surface area contributed by atoms with Crippen LogP contribution in [0.3, 0.4) is 0 Å². The third-order valence-electron chi connectivity index (χ3n) is 4.50. The number of benzene rings is 1. The maximum absolute atomic E-state index is 12.5. The van der Waals surface area contributed by atoms with E-state index in [1.54, 1.807) is 45.2 Å². The number of ether oxygens (including phenoxy) is 1. The molecule has 1 aromatic carbocycles. The first-order valence-electron chi connectivity index (χ1n) is 9.77. The zero-order valence-electron chi connectivity index (χ0n) is 18.7. The lowest BCUT2D eigenvalue weighted by Crippen LogP contribution is -2.28. The first kappa shape index (κ1) is 24.5. The average molecular weight is 448 g/mol. The van der Waals surface area contributed by atoms with E-state index in [1.165, 1.54) is 39.3 Å². The number of pyridine rings is 1. The molecule has 8 nitrogen and oxygen atoms in total. The summed E-state index contributed by atoms with van der Waals surface area (Å²) in [6.07, 6.45) is 2.77. The Morgan fingerprint density at radius 2 is 1.74 bits per heavy atom. The van der Waals surface area contributed by atoms with Crippen molar-refractivity contribution in [3.05, 3.63) is 53.9 Å². The van der Waals surface area contributed by atoms with Crippen molar-refractivity contribution in [3.8, 4) is 0 Å². The highest BCUT2D eigenvalue weighted by atomic mass is 32.2. The van der Waals surface area contributed by atoms with Gasteiger partial charge in [-0.1, -0.05) is 12.1 Å². The fourth-order valence-electron chi connectivity index (χ4n) is 2.93. The topological polar surface area (TPSA) is 106 Å². The summed E-state index contributed by atoms with van der Waals surface area (Å²) in [6, 6.07) is 8.02. The van der Waals surface area contributed by atoms with Gasteiger partial charge in [-0.25, -0.2) is 17.5 Å². The molecule has 1 N–H and O–H groups in total. The first-order chi connectivity index (χ1) is 14.3. The first-order valence-corrected chi connectivity index (χ1v) is 11.2. The molecule has 1 unspecified atom stereocenters. The van der Waals surface area contributed by atoms with Crippen molar-refractivity contribution in [3.63, 3.8) is 0 Å². The van der Waals surface area contributed by atoms with Gasteiger partial charge in [0, 0.05) is 38.0 Å². The maximum atomic E-state index is 12.5. The van der Waals surface area contributed by atoms with Gasteiger partial charge in [0.2, 0.25) is 10.0 Å². The smallest absolute Gasteiger partial charge is 0.412 e. The number of nitrogens with zero attached hydrogens (tertiary/aromatic N) is 2. The van der Waals surface area contributed by atoms with Crippen LogP contribution < -0.4 is 5.32 Å². The molecule has 1 amide bonds. The number of anilines is 1. The second-order valence-electron chi connectivity index (χ2n) is 8.39. The van der Waals surface area contributed by atoms with Gasteiger partial charge in [-0.3, -0.25) is 15.1 Å². The largest absolute Gasteiger partial charge is 0.444 e. The van der Waals surface area contributed by atoms with Gasteiger partial charge in [0.1, 0.15) is 11.4 Å². The van der Waals surface area contributed by atoms with Crippen molar-refractivity contribution in [1.29, 1.82) is 0 Å². The Bertz CT molecular complexity index is 1040. The second kappa shape index (κ2) is 9.57. The number of ketones is 1. The van der Waals surface area contributed by atoms with Crippen LogP contribution in [0.1, 0.15) is 44.7 Å². The van der Waals surface area contributed by atoms with Gasteiger partial charge in [-0.05, 0) is 57.9 Å². The molecule has 2 rings (SSSR count). The molecule has 1 atom stereocenters. The average Bonchev–Trinajstić information content (AvgIpc) is 2.65. The normalized spacial score (nSPS) is 13.0. The quantitative estimate of drug-likeness (QED) is 0.695. The van der Waals surface area contributed by atoms with Crippen LogP contribution in [0.25, 0.3) is 0 Å². The molecule has 0 spiro atoms. The number of aromatic nitrogens is 1. The third-order valence-corrected chi connectivity index (χ3v) is 6.32. The molecule has 0 aliphatic carbocycles. The minimum atomic E-state index is -3.53. The number of carbonyl (C=O) groups excluding carboxylic acids is 2. The highest BCUT2D eigenvalue weighted by molar-refractivity contribution is 7.89. The summed E-state index contributed by atoms with van der Waals surface area (Å²) in [5.41, 5.74) is 1.12. The minimum Gasteiger partial charge on any atom is -0.444 e. The molecule has 1 aromatic heterocycles. The van der Waals surface area contributed by atoms with Crippen molar-refractivity contribution >= 4 is 27.6 Å². The standard InChI is InChI=1S/C22H29N3O5S/c1-15(26)18(13-16-7-9-17(10-8-16)31(28,29)25(5)6)19-14-23-12-11-20(19)24-21(27)30-22(2,3)4/h7-12,14,18H,13H2,1-6H3,(H,23,24,27). The SMILES string of the molecule is CC(=O)C(Cc1ccc(S(=O)(=O)N(C)C)cc1)c1cnccc1NC(=O)OC(C)(C)C. The predicted molar refractivity (Wildman–Crippen MR) is 119 cm³/mol. The van der Waals surface area contributed by atoms with E-state index in [1.807, 2.05) is 0 Å². The number of sulfonamides is 1. The molecular formula is C22H29N3O5S. The van der Waals surface area contributed by atoms with E-state index in [4.69, 9.17) is 4.74 Å². The van der Waals surface area contributed by atoms with E-state index in [9.17, 15) is 18.0 Å². The van der Waals surface area contributed by atoms with Gasteiger partial charge >= 0.3 is 6.09 Å². The van der Waals surface area contributed by atoms with Gasteiger partial charge in [-0.2, -0.15) is 0 Å². The van der Waals surface area contributed by atoms with E-state index < -0.39 is 27.6 Å². The number of Topliss-reactive ketones (excluding diaryl/α,β-unsaturated/α-hetero) is 1. The Morgan fingerprint density at radius 3 is 2.26 bits per heavy atom. The number of rotatable bonds is 7. The Balaban J connectivity index is 2.30. The number of amides is 1. The summed E-state index contributed by atoms with van der Waals surface area (Å²) in [6.45, 7) is 6.76. The summed E-state index contributed by atoms with van der Waals surface area (Å²) in [7, 11) is -0.593. The Labute approximate surface area is 183 Å². The molecule has 0 aliphatic heterocycles. The molecule has 0 saturated carbocycles. The molecule has 1 heterocycles. The lowest BCUT2D eigenvalue weighted by atomic mass is 9.89. The summed E-state index contributed by atoms with van der Waals surface area (Å²) in [5.74, 6) is -0.680. The van der Waals surface area contributed by atoms with Crippen LogP contribution in [0, 0.1) is 0 Å². The molecule has 9 heteroatoms. The van der Waals surface area contributed by atoms with Crippen LogP contribution in [0.4, 0.5) is 10.5 Å². The highest BCUT2D eigenvalue weighted by Gasteiger charge is 2.24. The third kappa shape index (κ3) is 6.60. The molecular weight excluding hydrogens is 418 g/mol. The molecule has 0 fully saturated rings. The Kier molecular flexibility index (Phi) is 7.56. The van der Waals surface area contributed by atoms with Crippen molar-refractivity contribution in [1.82, 2.24) is 9.29 Å². The van der Waals surface area contributed by atoms with Crippen LogP contribution in [0.5, 0.6) is 0 Å². The van der Waals surface area contributed by atoms with Crippen LogP contribution in [-0.2, 0) is 26.0 Å². The van der Waals surface area contributed by atoms with E-state index >= 15 is 0 Å². The highest BCUT2D eigenvalue weighted by Crippen LogP contribution is 2.29. The second-order valence-corrected chi connectivity index (χ2v) is 10.5. The predicted octanol–water partition coefficient (Wildman–Crippen LogP) is 3.59. The minimum absolute atomic E-state index is 0.106. The van der Waals surface area contributed by atoms with Gasteiger partial charge < -0.3 is 4.74 Å². The fourth-order valence-corrected chi connectivity index (χ4v) is 3.83. The molecule has 31 heavy (non-hydrogen) atoms. The Morgan fingerprint density at radius 1 is 1.13 bits per heavy atom. The summed E-state index contributed by atoms with van der Waals surface area (Å²) >= 11 is 0. The molecule has 0 aliphatic rings. The number of carbonyl (C=O) groups is 2. The monoisotopic (exact) mass is 447 g/mol. The van der Waals surface area contributed by atoms with Gasteiger partial charge in [0.25, 0.3) is 0 Å². The number of hydrogen-bond donors (Lipinski definition) is 1. The zero-order chi connectivity index (χ0) is 23.4. The van der Waals surface area contributed by atoms with Crippen LogP contribution >= 0.6 is 0 Å². The summed E-state index contributed by atoms with van der Waals surface area (Å²) in [4.78, 5) is 29.0. The molecule has 2 aromatic rings. The maximum Gasteiger partial charge on any atom is 0.412 e. The lowest BCUT2D eigenvalue weighted by molar-refractivity contribution is -0.118. The van der Waals surface area contributed by atoms with E-state index in [0.717, 1.165) is 9.87 Å². The summed E-state index contributed by atoms with van der Waals surface area (Å²) < 4.78 is 31.0. The van der Waals surface area contributed by atoms with E-state index in [-0.39, 0.29) is 10.7 Å². The molecule has 0 radical (unpaired) electrons. The molecule has 0 bridgehead atoms. The lowest BCUT2D eigenvalue weighted by Gasteiger charge is -2.22. The zero-order valence-corrected chi connectivity index (χ0v) is 19.5. The summed E-state index contributed by atoms with van der Waals surface area (Å²) in [5, 5.41) is 2.69. The van der Waals surface area contributed by atoms with Gasteiger partial charge in [0.05, 0.1) is 10.6 Å². The van der Waals surface area contributed by atoms with Gasteiger partial charge in [0.15, 0.2) is 0 Å². The van der Waals surface area contributed by atoms with E-state index in [0.29, 0.717) is 17.7 Å². The van der Waals surface area contributed by atoms with Crippen molar-refractivity contribution in [2.45, 2.75) is 50.5 Å². The number of hydrogen-bond acceptors (Lipinski definition) is 6. The van der Waals surface area contributed by atoms with Crippen molar-refractivity contribution in [2.75, 3.05) is 19.4 Å². The molecule has 0 saturated heterocycles. The van der Waals surface area contributed by atoms with Gasteiger partial charge in [-0.15, -0.1) is 0 Å². The van der Waals surface area contributed by atoms with Crippen molar-refractivity contribution < 1.29 is 22.7 Å². The van der Waals surface area contributed by atoms with Crippen molar-refractivity contribution in [2.24, 2.45) is 0 Å². The molecule has 168 valence electrons. The van der Waals surface area contributed by atoms with E-state index in [2.05, 4.69) is 10.3 Å². The fraction of sp³-hybridized carbons (Fsp3) is 0.409.